The van der Waals surface area contributed by atoms with Crippen molar-refractivity contribution in [1.29, 1.82) is 0 Å². The predicted molar refractivity (Wildman–Crippen MR) is 89.0 cm³/mol. The Morgan fingerprint density at radius 1 is 0.810 bits per heavy atom. The highest BCUT2D eigenvalue weighted by Crippen LogP contribution is 2.60. The van der Waals surface area contributed by atoms with Crippen LogP contribution in [0.5, 0.6) is 0 Å². The van der Waals surface area contributed by atoms with Crippen LogP contribution in [0.3, 0.4) is 0 Å². The Morgan fingerprint density at radius 2 is 1.52 bits per heavy atom. The first kappa shape index (κ1) is 15.8. The van der Waals surface area contributed by atoms with Gasteiger partial charge in [-0.05, 0) is 72.5 Å². The van der Waals surface area contributed by atoms with E-state index in [0.717, 1.165) is 24.2 Å². The molecular weight excluding hydrogens is 256 g/mol. The Kier molecular flexibility index (Phi) is 3.96. The molecule has 0 aromatic heterocycles. The summed E-state index contributed by atoms with van der Waals surface area (Å²) in [6.07, 6.45) is 9.30. The van der Waals surface area contributed by atoms with Gasteiger partial charge in [0.1, 0.15) is 0 Å². The fourth-order valence-corrected chi connectivity index (χ4v) is 6.82. The van der Waals surface area contributed by atoms with Gasteiger partial charge in [-0.15, -0.1) is 0 Å². The van der Waals surface area contributed by atoms with Crippen LogP contribution in [0, 0.1) is 40.4 Å². The summed E-state index contributed by atoms with van der Waals surface area (Å²) in [5.41, 5.74) is 0.858. The first-order chi connectivity index (χ1) is 9.75. The zero-order chi connectivity index (χ0) is 15.4. The van der Waals surface area contributed by atoms with Gasteiger partial charge in [-0.3, -0.25) is 0 Å². The van der Waals surface area contributed by atoms with Gasteiger partial charge < -0.3 is 5.11 Å². The first-order valence-corrected chi connectivity index (χ1v) is 9.44. The van der Waals surface area contributed by atoms with Crippen molar-refractivity contribution in [1.82, 2.24) is 0 Å². The molecule has 122 valence electrons. The minimum absolute atomic E-state index is 0.0669. The van der Waals surface area contributed by atoms with Gasteiger partial charge >= 0.3 is 0 Å². The molecule has 7 atom stereocenters. The number of fused-ring (bicyclic) bond motifs is 3. The fourth-order valence-electron chi connectivity index (χ4n) is 6.82. The summed E-state index contributed by atoms with van der Waals surface area (Å²) in [6, 6.07) is 0. The van der Waals surface area contributed by atoms with Gasteiger partial charge in [-0.2, -0.15) is 0 Å². The van der Waals surface area contributed by atoms with E-state index < -0.39 is 0 Å². The Balaban J connectivity index is 1.95. The number of aliphatic hydroxyl groups is 1. The number of rotatable bonds is 0. The molecule has 3 rings (SSSR count). The van der Waals surface area contributed by atoms with E-state index in [-0.39, 0.29) is 6.10 Å². The van der Waals surface area contributed by atoms with Crippen molar-refractivity contribution in [3.63, 3.8) is 0 Å². The predicted octanol–water partition coefficient (Wildman–Crippen LogP) is 5.27. The molecule has 1 nitrogen and oxygen atoms in total. The van der Waals surface area contributed by atoms with Crippen LogP contribution in [-0.4, -0.2) is 11.2 Å². The second kappa shape index (κ2) is 5.25. The van der Waals surface area contributed by atoms with Crippen LogP contribution < -0.4 is 0 Å². The van der Waals surface area contributed by atoms with Crippen LogP contribution in [-0.2, 0) is 0 Å². The Morgan fingerprint density at radius 3 is 2.24 bits per heavy atom. The standard InChI is InChI=1S/C20H36O/c1-13-7-6-9-20(5)10-8-15-14(2)11-18(21)17(12-16(13)20)19(15,3)4/h13-18,21H,6-12H2,1-5H3/t13-,14-,15+,16-,17-,18?,20+/m1/s1. The summed E-state index contributed by atoms with van der Waals surface area (Å²) in [5.74, 6) is 3.69. The zero-order valence-corrected chi connectivity index (χ0v) is 14.9. The lowest BCUT2D eigenvalue weighted by molar-refractivity contribution is -0.123. The maximum absolute atomic E-state index is 10.8. The lowest BCUT2D eigenvalue weighted by Crippen LogP contribution is -2.52. The van der Waals surface area contributed by atoms with Crippen molar-refractivity contribution in [3.8, 4) is 0 Å². The first-order valence-electron chi connectivity index (χ1n) is 9.44. The quantitative estimate of drug-likeness (QED) is 0.644. The third-order valence-corrected chi connectivity index (χ3v) is 8.20. The average molecular weight is 293 g/mol. The summed E-state index contributed by atoms with van der Waals surface area (Å²) >= 11 is 0. The Bertz CT molecular complexity index is 387. The minimum atomic E-state index is -0.0669. The molecule has 0 aromatic carbocycles. The third kappa shape index (κ3) is 2.48. The van der Waals surface area contributed by atoms with E-state index >= 15 is 0 Å². The monoisotopic (exact) mass is 292 g/mol. The molecule has 3 aliphatic rings. The van der Waals surface area contributed by atoms with Crippen LogP contribution >= 0.6 is 0 Å². The van der Waals surface area contributed by atoms with Crippen LogP contribution in [0.4, 0.5) is 0 Å². The van der Waals surface area contributed by atoms with Crippen molar-refractivity contribution >= 4 is 0 Å². The van der Waals surface area contributed by atoms with E-state index in [1.165, 1.54) is 38.5 Å². The Hall–Kier alpha value is -0.0400. The summed E-state index contributed by atoms with van der Waals surface area (Å²) in [7, 11) is 0. The van der Waals surface area contributed by atoms with E-state index in [0.29, 0.717) is 22.7 Å². The van der Waals surface area contributed by atoms with Crippen molar-refractivity contribution in [3.05, 3.63) is 0 Å². The largest absolute Gasteiger partial charge is 0.393 e. The van der Waals surface area contributed by atoms with Crippen LogP contribution in [0.25, 0.3) is 0 Å². The molecule has 0 spiro atoms. The maximum atomic E-state index is 10.8. The molecule has 0 amide bonds. The molecule has 1 N–H and O–H groups in total. The average Bonchev–Trinajstić information content (AvgIpc) is 2.35. The highest BCUT2D eigenvalue weighted by Gasteiger charge is 2.53. The van der Waals surface area contributed by atoms with Crippen LogP contribution in [0.1, 0.15) is 79.6 Å². The van der Waals surface area contributed by atoms with E-state index in [1.54, 1.807) is 0 Å². The SMILES string of the molecule is C[C@@H]1CCC[C@@]2(C)CC[C@H]3[C@H](C)CC(O)[C@@H](C[C@H]12)C3(C)C. The molecule has 0 aliphatic heterocycles. The van der Waals surface area contributed by atoms with Gasteiger partial charge in [-0.1, -0.05) is 47.5 Å². The zero-order valence-electron chi connectivity index (χ0n) is 14.9. The maximum Gasteiger partial charge on any atom is 0.0576 e. The van der Waals surface area contributed by atoms with Crippen LogP contribution in [0.15, 0.2) is 0 Å². The Labute approximate surface area is 131 Å². The highest BCUT2D eigenvalue weighted by atomic mass is 16.3. The van der Waals surface area contributed by atoms with Gasteiger partial charge in [-0.25, -0.2) is 0 Å². The molecular formula is C20H36O. The highest BCUT2D eigenvalue weighted by molar-refractivity contribution is 5.03. The lowest BCUT2D eigenvalue weighted by Gasteiger charge is -2.58. The summed E-state index contributed by atoms with van der Waals surface area (Å²) < 4.78 is 0. The molecule has 0 heterocycles. The number of hydrogen-bond donors (Lipinski definition) is 1. The van der Waals surface area contributed by atoms with Gasteiger partial charge in [0.2, 0.25) is 0 Å². The molecule has 3 aliphatic carbocycles. The molecule has 21 heavy (non-hydrogen) atoms. The van der Waals surface area contributed by atoms with Crippen LogP contribution in [0.2, 0.25) is 0 Å². The van der Waals surface area contributed by atoms with Gasteiger partial charge in [0.05, 0.1) is 6.10 Å². The number of hydrogen-bond acceptors (Lipinski definition) is 1. The third-order valence-electron chi connectivity index (χ3n) is 8.20. The molecule has 3 fully saturated rings. The molecule has 3 saturated carbocycles. The summed E-state index contributed by atoms with van der Waals surface area (Å²) in [6.45, 7) is 12.3. The molecule has 1 unspecified atom stereocenters. The van der Waals surface area contributed by atoms with E-state index in [2.05, 4.69) is 34.6 Å². The van der Waals surface area contributed by atoms with Crippen molar-refractivity contribution in [2.45, 2.75) is 85.7 Å². The minimum Gasteiger partial charge on any atom is -0.393 e. The van der Waals surface area contributed by atoms with E-state index in [4.69, 9.17) is 0 Å². The van der Waals surface area contributed by atoms with Gasteiger partial charge in [0.25, 0.3) is 0 Å². The van der Waals surface area contributed by atoms with E-state index in [9.17, 15) is 5.11 Å². The molecule has 2 bridgehead atoms. The van der Waals surface area contributed by atoms with E-state index in [1.807, 2.05) is 0 Å². The topological polar surface area (TPSA) is 20.2 Å². The smallest absolute Gasteiger partial charge is 0.0576 e. The molecule has 0 radical (unpaired) electrons. The normalized spacial score (nSPS) is 53.4. The molecule has 1 heteroatoms. The fraction of sp³-hybridized carbons (Fsp3) is 1.00. The van der Waals surface area contributed by atoms with Crippen molar-refractivity contribution in [2.24, 2.45) is 40.4 Å². The van der Waals surface area contributed by atoms with Gasteiger partial charge in [0, 0.05) is 0 Å². The molecule has 0 aromatic rings. The second-order valence-corrected chi connectivity index (χ2v) is 9.72. The summed E-state index contributed by atoms with van der Waals surface area (Å²) in [5, 5.41) is 10.8. The van der Waals surface area contributed by atoms with Crippen molar-refractivity contribution in [2.75, 3.05) is 0 Å². The lowest BCUT2D eigenvalue weighted by atomic mass is 9.48. The second-order valence-electron chi connectivity index (χ2n) is 9.72. The van der Waals surface area contributed by atoms with Crippen molar-refractivity contribution < 1.29 is 5.11 Å². The molecule has 0 saturated heterocycles. The summed E-state index contributed by atoms with van der Waals surface area (Å²) in [4.78, 5) is 0. The number of aliphatic hydroxyl groups excluding tert-OH is 1. The van der Waals surface area contributed by atoms with Gasteiger partial charge in [0.15, 0.2) is 0 Å².